The fourth-order valence-corrected chi connectivity index (χ4v) is 0.971. The van der Waals surface area contributed by atoms with Crippen LogP contribution in [0, 0.1) is 5.82 Å². The Hall–Kier alpha value is -1.64. The zero-order valence-electron chi connectivity index (χ0n) is 8.25. The maximum absolute atomic E-state index is 12.6. The van der Waals surface area contributed by atoms with Gasteiger partial charge in [-0.2, -0.15) is 0 Å². The number of benzene rings is 1. The summed E-state index contributed by atoms with van der Waals surface area (Å²) in [5.74, 6) is -0.535. The molecule has 14 heavy (non-hydrogen) atoms. The molecular weight excluding hydrogens is 181 g/mol. The van der Waals surface area contributed by atoms with Gasteiger partial charge in [0.1, 0.15) is 5.82 Å². The molecule has 3 heteroatoms. The zero-order valence-corrected chi connectivity index (χ0v) is 8.25. The van der Waals surface area contributed by atoms with Crippen LogP contribution in [0.25, 0.3) is 0 Å². The smallest absolute Gasteiger partial charge is 0.208 e. The Kier molecular flexibility index (Phi) is 3.02. The fraction of sp³-hybridized carbons (Fsp3) is 0.182. The van der Waals surface area contributed by atoms with Gasteiger partial charge in [0.05, 0.1) is 5.70 Å². The number of carbonyl (C=O) groups excluding carboxylic acids is 1. The highest BCUT2D eigenvalue weighted by Gasteiger charge is 2.11. The average molecular weight is 193 g/mol. The lowest BCUT2D eigenvalue weighted by atomic mass is 10.1. The number of rotatable bonds is 3. The van der Waals surface area contributed by atoms with Gasteiger partial charge in [-0.3, -0.25) is 4.79 Å². The summed E-state index contributed by atoms with van der Waals surface area (Å²) >= 11 is 0. The largest absolute Gasteiger partial charge is 0.375 e. The summed E-state index contributed by atoms with van der Waals surface area (Å²) in [7, 11) is 3.48. The summed E-state index contributed by atoms with van der Waals surface area (Å²) in [5, 5.41) is 0. The Labute approximate surface area is 82.7 Å². The van der Waals surface area contributed by atoms with Crippen molar-refractivity contribution in [1.29, 1.82) is 0 Å². The van der Waals surface area contributed by atoms with Crippen LogP contribution >= 0.6 is 0 Å². The van der Waals surface area contributed by atoms with Gasteiger partial charge in [-0.05, 0) is 24.3 Å². The van der Waals surface area contributed by atoms with E-state index in [1.165, 1.54) is 24.3 Å². The summed E-state index contributed by atoms with van der Waals surface area (Å²) < 4.78 is 12.6. The average Bonchev–Trinajstić information content (AvgIpc) is 2.16. The van der Waals surface area contributed by atoms with Gasteiger partial charge in [-0.25, -0.2) is 4.39 Å². The Morgan fingerprint density at radius 1 is 1.29 bits per heavy atom. The van der Waals surface area contributed by atoms with Crippen LogP contribution in [0.2, 0.25) is 0 Å². The van der Waals surface area contributed by atoms with E-state index in [2.05, 4.69) is 6.58 Å². The van der Waals surface area contributed by atoms with E-state index in [-0.39, 0.29) is 11.6 Å². The van der Waals surface area contributed by atoms with Crippen molar-refractivity contribution in [3.05, 3.63) is 47.9 Å². The van der Waals surface area contributed by atoms with Crippen molar-refractivity contribution in [3.8, 4) is 0 Å². The van der Waals surface area contributed by atoms with E-state index in [0.717, 1.165) is 0 Å². The van der Waals surface area contributed by atoms with Crippen LogP contribution in [0.5, 0.6) is 0 Å². The van der Waals surface area contributed by atoms with Crippen LogP contribution in [0.4, 0.5) is 4.39 Å². The Morgan fingerprint density at radius 3 is 2.21 bits per heavy atom. The highest BCUT2D eigenvalue weighted by molar-refractivity contribution is 6.07. The third kappa shape index (κ3) is 2.19. The number of Topliss-reactive ketones (excluding diaryl/α,β-unsaturated/α-hetero) is 1. The minimum absolute atomic E-state index is 0.185. The second kappa shape index (κ2) is 4.05. The van der Waals surface area contributed by atoms with Gasteiger partial charge in [0, 0.05) is 19.7 Å². The molecule has 0 radical (unpaired) electrons. The normalized spacial score (nSPS) is 9.64. The molecule has 0 atom stereocenters. The van der Waals surface area contributed by atoms with Gasteiger partial charge in [-0.15, -0.1) is 0 Å². The topological polar surface area (TPSA) is 20.3 Å². The second-order valence-corrected chi connectivity index (χ2v) is 3.18. The molecule has 0 N–H and O–H groups in total. The van der Waals surface area contributed by atoms with Crippen molar-refractivity contribution in [2.24, 2.45) is 0 Å². The molecule has 0 bridgehead atoms. The van der Waals surface area contributed by atoms with Crippen LogP contribution in [0.3, 0.4) is 0 Å². The lowest BCUT2D eigenvalue weighted by Crippen LogP contribution is -2.18. The summed E-state index contributed by atoms with van der Waals surface area (Å²) in [5.41, 5.74) is 0.835. The predicted octanol–water partition coefficient (Wildman–Crippen LogP) is 2.08. The predicted molar refractivity (Wildman–Crippen MR) is 53.6 cm³/mol. The van der Waals surface area contributed by atoms with E-state index in [4.69, 9.17) is 0 Å². The van der Waals surface area contributed by atoms with E-state index in [1.54, 1.807) is 19.0 Å². The molecule has 0 amide bonds. The molecule has 2 nitrogen and oxygen atoms in total. The van der Waals surface area contributed by atoms with Crippen molar-refractivity contribution in [3.63, 3.8) is 0 Å². The SMILES string of the molecule is C=C(C(=O)c1ccc(F)cc1)N(C)C. The summed E-state index contributed by atoms with van der Waals surface area (Å²) in [4.78, 5) is 13.3. The molecule has 0 aliphatic carbocycles. The van der Waals surface area contributed by atoms with Gasteiger partial charge in [0.25, 0.3) is 0 Å². The number of carbonyl (C=O) groups is 1. The third-order valence-corrected chi connectivity index (χ3v) is 1.91. The van der Waals surface area contributed by atoms with Crippen LogP contribution in [-0.2, 0) is 0 Å². The zero-order chi connectivity index (χ0) is 10.7. The number of likely N-dealkylation sites (N-methyl/N-ethyl adjacent to an activating group) is 1. The quantitative estimate of drug-likeness (QED) is 0.541. The molecule has 0 fully saturated rings. The molecule has 0 spiro atoms. The molecule has 0 saturated heterocycles. The van der Waals surface area contributed by atoms with E-state index in [9.17, 15) is 9.18 Å². The van der Waals surface area contributed by atoms with Crippen molar-refractivity contribution >= 4 is 5.78 Å². The minimum Gasteiger partial charge on any atom is -0.375 e. The van der Waals surface area contributed by atoms with Crippen LogP contribution in [0.15, 0.2) is 36.5 Å². The first-order valence-corrected chi connectivity index (χ1v) is 4.19. The molecule has 1 rings (SSSR count). The highest BCUT2D eigenvalue weighted by Crippen LogP contribution is 2.09. The Balaban J connectivity index is 2.90. The van der Waals surface area contributed by atoms with Gasteiger partial charge in [0.15, 0.2) is 0 Å². The fourth-order valence-electron chi connectivity index (χ4n) is 0.971. The first-order chi connectivity index (χ1) is 6.52. The van der Waals surface area contributed by atoms with Gasteiger partial charge < -0.3 is 4.90 Å². The highest BCUT2D eigenvalue weighted by atomic mass is 19.1. The molecule has 0 aromatic heterocycles. The van der Waals surface area contributed by atoms with Crippen molar-refractivity contribution in [2.45, 2.75) is 0 Å². The van der Waals surface area contributed by atoms with Crippen molar-refractivity contribution < 1.29 is 9.18 Å². The molecule has 0 aliphatic heterocycles. The molecule has 1 aromatic carbocycles. The number of allylic oxidation sites excluding steroid dienone is 1. The van der Waals surface area contributed by atoms with Crippen molar-refractivity contribution in [1.82, 2.24) is 4.90 Å². The Morgan fingerprint density at radius 2 is 1.79 bits per heavy atom. The van der Waals surface area contributed by atoms with Crippen LogP contribution in [-0.4, -0.2) is 24.8 Å². The molecular formula is C11H12FNO. The first kappa shape index (κ1) is 10.4. The molecule has 0 unspecified atom stereocenters. The molecule has 0 aliphatic rings. The van der Waals surface area contributed by atoms with Crippen LogP contribution in [0.1, 0.15) is 10.4 Å². The standard InChI is InChI=1S/C11H12FNO/c1-8(13(2)3)11(14)9-4-6-10(12)7-5-9/h4-7H,1H2,2-3H3. The lowest BCUT2D eigenvalue weighted by Gasteiger charge is -2.13. The number of ketones is 1. The second-order valence-electron chi connectivity index (χ2n) is 3.18. The van der Waals surface area contributed by atoms with Gasteiger partial charge in [-0.1, -0.05) is 6.58 Å². The Bertz CT molecular complexity index is 354. The molecule has 0 heterocycles. The van der Waals surface area contributed by atoms with Gasteiger partial charge in [0.2, 0.25) is 5.78 Å². The maximum Gasteiger partial charge on any atom is 0.208 e. The van der Waals surface area contributed by atoms with E-state index in [0.29, 0.717) is 11.3 Å². The summed E-state index contributed by atoms with van der Waals surface area (Å²) in [6.07, 6.45) is 0. The first-order valence-electron chi connectivity index (χ1n) is 4.19. The number of hydrogen-bond donors (Lipinski definition) is 0. The summed E-state index contributed by atoms with van der Waals surface area (Å²) in [6.45, 7) is 3.64. The van der Waals surface area contributed by atoms with Crippen LogP contribution < -0.4 is 0 Å². The minimum atomic E-state index is -0.350. The van der Waals surface area contributed by atoms with E-state index < -0.39 is 0 Å². The van der Waals surface area contributed by atoms with E-state index in [1.807, 2.05) is 0 Å². The molecule has 0 saturated carbocycles. The number of hydrogen-bond acceptors (Lipinski definition) is 2. The third-order valence-electron chi connectivity index (χ3n) is 1.91. The number of nitrogens with zero attached hydrogens (tertiary/aromatic N) is 1. The van der Waals surface area contributed by atoms with Crippen molar-refractivity contribution in [2.75, 3.05) is 14.1 Å². The lowest BCUT2D eigenvalue weighted by molar-refractivity contribution is 0.100. The van der Waals surface area contributed by atoms with E-state index >= 15 is 0 Å². The number of halogens is 1. The van der Waals surface area contributed by atoms with Gasteiger partial charge >= 0.3 is 0 Å². The molecule has 1 aromatic rings. The monoisotopic (exact) mass is 193 g/mol. The maximum atomic E-state index is 12.6. The summed E-state index contributed by atoms with van der Waals surface area (Å²) in [6, 6.07) is 5.42. The molecule has 74 valence electrons.